The highest BCUT2D eigenvalue weighted by Crippen LogP contribution is 2.36. The fraction of sp³-hybridized carbons (Fsp3) is 0.923. The third-order valence-electron chi connectivity index (χ3n) is 3.42. The molecule has 0 amide bonds. The minimum absolute atomic E-state index is 0.265. The van der Waals surface area contributed by atoms with Crippen LogP contribution < -0.4 is 0 Å². The first kappa shape index (κ1) is 13.5. The van der Waals surface area contributed by atoms with Crippen molar-refractivity contribution < 1.29 is 14.6 Å². The Hall–Kier alpha value is -0.570. The van der Waals surface area contributed by atoms with Crippen LogP contribution in [0.15, 0.2) is 0 Å². The lowest BCUT2D eigenvalue weighted by atomic mass is 9.76. The average Bonchev–Trinajstić information content (AvgIpc) is 2.19. The van der Waals surface area contributed by atoms with Crippen LogP contribution in [0.25, 0.3) is 0 Å². The molecule has 0 aliphatic heterocycles. The molecule has 16 heavy (non-hydrogen) atoms. The Morgan fingerprint density at radius 3 is 2.50 bits per heavy atom. The summed E-state index contributed by atoms with van der Waals surface area (Å²) in [7, 11) is 0. The number of hydrogen-bond donors (Lipinski definition) is 1. The van der Waals surface area contributed by atoms with Crippen LogP contribution in [0.1, 0.15) is 58.8 Å². The summed E-state index contributed by atoms with van der Waals surface area (Å²) in [5, 5.41) is 8.48. The largest absolute Gasteiger partial charge is 0.481 e. The third-order valence-corrected chi connectivity index (χ3v) is 3.42. The molecule has 1 rings (SSSR count). The topological polar surface area (TPSA) is 46.5 Å². The minimum Gasteiger partial charge on any atom is -0.481 e. The molecule has 0 atom stereocenters. The molecule has 1 saturated carbocycles. The van der Waals surface area contributed by atoms with Crippen LogP contribution >= 0.6 is 0 Å². The number of aliphatic carboxylic acids is 1. The predicted octanol–water partition coefficient (Wildman–Crippen LogP) is 3.23. The lowest BCUT2D eigenvalue weighted by Crippen LogP contribution is -2.26. The standard InChI is InChI=1S/C13H24O3/c1-13(2)8-6-11(7-9-13)16-10-4-3-5-12(14)15/h11H,3-10H2,1-2H3,(H,14,15). The SMILES string of the molecule is CC1(C)CCC(OCCCCC(=O)O)CC1. The highest BCUT2D eigenvalue weighted by Gasteiger charge is 2.26. The molecule has 0 aromatic heterocycles. The molecule has 0 saturated heterocycles. The number of rotatable bonds is 6. The van der Waals surface area contributed by atoms with Crippen LogP contribution in [-0.2, 0) is 9.53 Å². The summed E-state index contributed by atoms with van der Waals surface area (Å²) in [4.78, 5) is 10.3. The van der Waals surface area contributed by atoms with E-state index in [0.717, 1.165) is 32.3 Å². The molecular formula is C13H24O3. The van der Waals surface area contributed by atoms with Crippen molar-refractivity contribution in [2.75, 3.05) is 6.61 Å². The van der Waals surface area contributed by atoms with Crippen molar-refractivity contribution in [2.45, 2.75) is 64.9 Å². The molecule has 3 nitrogen and oxygen atoms in total. The maximum atomic E-state index is 10.3. The van der Waals surface area contributed by atoms with Crippen LogP contribution in [0.2, 0.25) is 0 Å². The molecule has 1 N–H and O–H groups in total. The van der Waals surface area contributed by atoms with Gasteiger partial charge in [0.05, 0.1) is 6.10 Å². The van der Waals surface area contributed by atoms with Gasteiger partial charge in [0.2, 0.25) is 0 Å². The van der Waals surface area contributed by atoms with E-state index in [-0.39, 0.29) is 6.42 Å². The first-order valence-electron chi connectivity index (χ1n) is 6.33. The summed E-state index contributed by atoms with van der Waals surface area (Å²) in [6.45, 7) is 5.35. The molecule has 1 fully saturated rings. The Morgan fingerprint density at radius 1 is 1.31 bits per heavy atom. The normalized spacial score (nSPS) is 20.9. The van der Waals surface area contributed by atoms with Gasteiger partial charge in [-0.15, -0.1) is 0 Å². The summed E-state index contributed by atoms with van der Waals surface area (Å²) in [5.74, 6) is -0.709. The van der Waals surface area contributed by atoms with E-state index in [1.165, 1.54) is 12.8 Å². The number of carboxylic acids is 1. The van der Waals surface area contributed by atoms with E-state index in [4.69, 9.17) is 9.84 Å². The zero-order valence-electron chi connectivity index (χ0n) is 10.5. The van der Waals surface area contributed by atoms with Gasteiger partial charge in [-0.05, 0) is 43.9 Å². The van der Waals surface area contributed by atoms with E-state index in [1.54, 1.807) is 0 Å². The molecule has 0 unspecified atom stereocenters. The fourth-order valence-corrected chi connectivity index (χ4v) is 2.17. The van der Waals surface area contributed by atoms with Gasteiger partial charge in [0.1, 0.15) is 0 Å². The van der Waals surface area contributed by atoms with Crippen LogP contribution in [0, 0.1) is 5.41 Å². The quantitative estimate of drug-likeness (QED) is 0.710. The van der Waals surface area contributed by atoms with Gasteiger partial charge in [-0.3, -0.25) is 4.79 Å². The maximum absolute atomic E-state index is 10.3. The number of hydrogen-bond acceptors (Lipinski definition) is 2. The zero-order valence-corrected chi connectivity index (χ0v) is 10.5. The second-order valence-electron chi connectivity index (χ2n) is 5.59. The van der Waals surface area contributed by atoms with E-state index in [2.05, 4.69) is 13.8 Å². The third kappa shape index (κ3) is 5.50. The molecule has 0 spiro atoms. The van der Waals surface area contributed by atoms with Gasteiger partial charge in [0.25, 0.3) is 0 Å². The van der Waals surface area contributed by atoms with Crippen molar-refractivity contribution in [1.29, 1.82) is 0 Å². The summed E-state index contributed by atoms with van der Waals surface area (Å²) in [5.41, 5.74) is 0.489. The zero-order chi connectivity index (χ0) is 12.0. The van der Waals surface area contributed by atoms with E-state index in [0.29, 0.717) is 11.5 Å². The van der Waals surface area contributed by atoms with Crippen molar-refractivity contribution in [3.8, 4) is 0 Å². The molecule has 0 bridgehead atoms. The van der Waals surface area contributed by atoms with Crippen molar-refractivity contribution in [3.05, 3.63) is 0 Å². The van der Waals surface area contributed by atoms with Crippen LogP contribution in [0.5, 0.6) is 0 Å². The molecule has 0 aromatic carbocycles. The molecule has 94 valence electrons. The van der Waals surface area contributed by atoms with Gasteiger partial charge in [0.15, 0.2) is 0 Å². The van der Waals surface area contributed by atoms with Gasteiger partial charge < -0.3 is 9.84 Å². The maximum Gasteiger partial charge on any atom is 0.303 e. The Morgan fingerprint density at radius 2 is 1.94 bits per heavy atom. The van der Waals surface area contributed by atoms with Gasteiger partial charge in [-0.1, -0.05) is 13.8 Å². The van der Waals surface area contributed by atoms with E-state index in [1.807, 2.05) is 0 Å². The summed E-state index contributed by atoms with van der Waals surface area (Å²) in [6.07, 6.45) is 7.08. The molecule has 0 heterocycles. The van der Waals surface area contributed by atoms with Crippen molar-refractivity contribution in [3.63, 3.8) is 0 Å². The van der Waals surface area contributed by atoms with Crippen LogP contribution in [-0.4, -0.2) is 23.8 Å². The van der Waals surface area contributed by atoms with Crippen molar-refractivity contribution in [2.24, 2.45) is 5.41 Å². The van der Waals surface area contributed by atoms with Gasteiger partial charge in [-0.25, -0.2) is 0 Å². The molecule has 3 heteroatoms. The summed E-state index contributed by atoms with van der Waals surface area (Å²) >= 11 is 0. The highest BCUT2D eigenvalue weighted by molar-refractivity contribution is 5.66. The first-order chi connectivity index (χ1) is 7.49. The van der Waals surface area contributed by atoms with Gasteiger partial charge in [-0.2, -0.15) is 0 Å². The van der Waals surface area contributed by atoms with Crippen LogP contribution in [0.3, 0.4) is 0 Å². The number of ether oxygens (including phenoxy) is 1. The fourth-order valence-electron chi connectivity index (χ4n) is 2.17. The van der Waals surface area contributed by atoms with Gasteiger partial charge >= 0.3 is 5.97 Å². The summed E-state index contributed by atoms with van der Waals surface area (Å²) < 4.78 is 5.77. The van der Waals surface area contributed by atoms with E-state index in [9.17, 15) is 4.79 Å². The number of unbranched alkanes of at least 4 members (excludes halogenated alkanes) is 1. The second kappa shape index (κ2) is 6.24. The number of carbonyl (C=O) groups is 1. The lowest BCUT2D eigenvalue weighted by Gasteiger charge is -2.34. The van der Waals surface area contributed by atoms with Gasteiger partial charge in [0, 0.05) is 13.0 Å². The molecule has 1 aliphatic rings. The van der Waals surface area contributed by atoms with Crippen molar-refractivity contribution >= 4 is 5.97 Å². The van der Waals surface area contributed by atoms with E-state index >= 15 is 0 Å². The smallest absolute Gasteiger partial charge is 0.303 e. The lowest BCUT2D eigenvalue weighted by molar-refractivity contribution is -0.137. The predicted molar refractivity (Wildman–Crippen MR) is 63.5 cm³/mol. The first-order valence-corrected chi connectivity index (χ1v) is 6.33. The average molecular weight is 228 g/mol. The monoisotopic (exact) mass is 228 g/mol. The Kier molecular flexibility index (Phi) is 5.26. The Balaban J connectivity index is 2.00. The second-order valence-corrected chi connectivity index (χ2v) is 5.59. The molecule has 1 aliphatic carbocycles. The number of carboxylic acid groups (broad SMARTS) is 1. The molecular weight excluding hydrogens is 204 g/mol. The van der Waals surface area contributed by atoms with Crippen LogP contribution in [0.4, 0.5) is 0 Å². The Bertz CT molecular complexity index is 213. The minimum atomic E-state index is -0.709. The Labute approximate surface area is 98.2 Å². The van der Waals surface area contributed by atoms with Crippen molar-refractivity contribution in [1.82, 2.24) is 0 Å². The molecule has 0 radical (unpaired) electrons. The summed E-state index contributed by atoms with van der Waals surface area (Å²) in [6, 6.07) is 0. The molecule has 0 aromatic rings. The highest BCUT2D eigenvalue weighted by atomic mass is 16.5. The van der Waals surface area contributed by atoms with E-state index < -0.39 is 5.97 Å².